The summed E-state index contributed by atoms with van der Waals surface area (Å²) < 4.78 is 27.1. The van der Waals surface area contributed by atoms with Crippen LogP contribution in [0.1, 0.15) is 30.9 Å². The second kappa shape index (κ2) is 4.97. The fraction of sp³-hybridized carbons (Fsp3) is 0.429. The van der Waals surface area contributed by atoms with Crippen molar-refractivity contribution in [3.8, 4) is 11.8 Å². The van der Waals surface area contributed by atoms with Crippen molar-refractivity contribution < 1.29 is 13.5 Å². The van der Waals surface area contributed by atoms with Crippen LogP contribution in [0.4, 0.5) is 0 Å². The Morgan fingerprint density at radius 3 is 2.63 bits per heavy atom. The van der Waals surface area contributed by atoms with Gasteiger partial charge in [-0.3, -0.25) is 0 Å². The summed E-state index contributed by atoms with van der Waals surface area (Å²) >= 11 is 0. The fourth-order valence-corrected chi connectivity index (χ4v) is 3.30. The summed E-state index contributed by atoms with van der Waals surface area (Å²) in [7, 11) is -3.46. The van der Waals surface area contributed by atoms with Crippen molar-refractivity contribution >= 4 is 10.0 Å². The van der Waals surface area contributed by atoms with E-state index in [2.05, 4.69) is 16.6 Å². The molecular weight excluding hydrogens is 262 g/mol. The minimum atomic E-state index is -3.46. The zero-order chi connectivity index (χ0) is 14.1. The predicted octanol–water partition coefficient (Wildman–Crippen LogP) is 1.17. The van der Waals surface area contributed by atoms with Crippen LogP contribution in [0.15, 0.2) is 23.1 Å². The number of aryl methyl sites for hydroxylation is 1. The van der Waals surface area contributed by atoms with Crippen LogP contribution in [-0.2, 0) is 10.0 Å². The topological polar surface area (TPSA) is 66.4 Å². The standard InChI is InChI=1S/C14H17NO3S/c1-11-10-13(6-5-12(11)4-3-9-16)19(17,18)15-14(2)7-8-14/h5-6,10,15-16H,7-9H2,1-2H3. The van der Waals surface area contributed by atoms with E-state index in [4.69, 9.17) is 5.11 Å². The summed E-state index contributed by atoms with van der Waals surface area (Å²) in [5, 5.41) is 8.66. The molecular formula is C14H17NO3S. The van der Waals surface area contributed by atoms with Crippen LogP contribution in [0.3, 0.4) is 0 Å². The van der Waals surface area contributed by atoms with Gasteiger partial charge < -0.3 is 5.11 Å². The van der Waals surface area contributed by atoms with Gasteiger partial charge in [0.25, 0.3) is 0 Å². The minimum Gasteiger partial charge on any atom is -0.384 e. The van der Waals surface area contributed by atoms with Crippen molar-refractivity contribution in [2.45, 2.75) is 37.1 Å². The van der Waals surface area contributed by atoms with E-state index in [1.807, 2.05) is 6.92 Å². The molecule has 0 radical (unpaired) electrons. The largest absolute Gasteiger partial charge is 0.384 e. The lowest BCUT2D eigenvalue weighted by molar-refractivity contribution is 0.350. The summed E-state index contributed by atoms with van der Waals surface area (Å²) in [6, 6.07) is 4.82. The smallest absolute Gasteiger partial charge is 0.241 e. The first-order valence-corrected chi connectivity index (χ1v) is 7.59. The van der Waals surface area contributed by atoms with Gasteiger partial charge in [-0.1, -0.05) is 11.8 Å². The van der Waals surface area contributed by atoms with Crippen LogP contribution in [-0.4, -0.2) is 25.7 Å². The van der Waals surface area contributed by atoms with Gasteiger partial charge in [0.2, 0.25) is 10.0 Å². The van der Waals surface area contributed by atoms with Crippen LogP contribution in [0.5, 0.6) is 0 Å². The molecule has 102 valence electrons. The molecule has 19 heavy (non-hydrogen) atoms. The normalized spacial score (nSPS) is 16.6. The summed E-state index contributed by atoms with van der Waals surface area (Å²) in [5.41, 5.74) is 1.23. The van der Waals surface area contributed by atoms with Crippen molar-refractivity contribution in [1.82, 2.24) is 4.72 Å². The Balaban J connectivity index is 2.28. The van der Waals surface area contributed by atoms with Crippen LogP contribution in [0.25, 0.3) is 0 Å². The molecule has 1 aliphatic rings. The Bertz CT molecular complexity index is 649. The molecule has 0 heterocycles. The Hall–Kier alpha value is -1.35. The van der Waals surface area contributed by atoms with E-state index < -0.39 is 10.0 Å². The van der Waals surface area contributed by atoms with E-state index in [1.165, 1.54) is 0 Å². The van der Waals surface area contributed by atoms with Crippen molar-refractivity contribution in [3.63, 3.8) is 0 Å². The SMILES string of the molecule is Cc1cc(S(=O)(=O)NC2(C)CC2)ccc1C#CCO. The first-order chi connectivity index (χ1) is 8.86. The monoisotopic (exact) mass is 279 g/mol. The molecule has 5 heteroatoms. The van der Waals surface area contributed by atoms with Crippen LogP contribution in [0.2, 0.25) is 0 Å². The van der Waals surface area contributed by atoms with Gasteiger partial charge in [-0.2, -0.15) is 0 Å². The highest BCUT2D eigenvalue weighted by Crippen LogP contribution is 2.36. The number of hydrogen-bond donors (Lipinski definition) is 2. The summed E-state index contributed by atoms with van der Waals surface area (Å²) in [5.74, 6) is 5.34. The van der Waals surface area contributed by atoms with E-state index >= 15 is 0 Å². The number of rotatable bonds is 3. The number of sulfonamides is 1. The van der Waals surface area contributed by atoms with Crippen LogP contribution < -0.4 is 4.72 Å². The van der Waals surface area contributed by atoms with Gasteiger partial charge in [-0.15, -0.1) is 0 Å². The van der Waals surface area contributed by atoms with Gasteiger partial charge in [-0.05, 0) is 50.5 Å². The Morgan fingerprint density at radius 1 is 1.42 bits per heavy atom. The summed E-state index contributed by atoms with van der Waals surface area (Å²) in [4.78, 5) is 0.257. The molecule has 2 rings (SSSR count). The lowest BCUT2D eigenvalue weighted by Gasteiger charge is -2.12. The molecule has 1 aromatic rings. The molecule has 2 N–H and O–H groups in total. The maximum absolute atomic E-state index is 12.2. The lowest BCUT2D eigenvalue weighted by Crippen LogP contribution is -2.34. The minimum absolute atomic E-state index is 0.209. The molecule has 0 atom stereocenters. The first-order valence-electron chi connectivity index (χ1n) is 6.11. The molecule has 0 bridgehead atoms. The second-order valence-electron chi connectivity index (χ2n) is 5.10. The average Bonchev–Trinajstić information content (AvgIpc) is 3.04. The number of aliphatic hydroxyl groups is 1. The Kier molecular flexibility index (Phi) is 3.68. The average molecular weight is 279 g/mol. The van der Waals surface area contributed by atoms with Crippen molar-refractivity contribution in [3.05, 3.63) is 29.3 Å². The molecule has 0 spiro atoms. The zero-order valence-corrected chi connectivity index (χ0v) is 11.8. The van der Waals surface area contributed by atoms with Crippen molar-refractivity contribution in [2.24, 2.45) is 0 Å². The van der Waals surface area contributed by atoms with E-state index in [0.717, 1.165) is 24.0 Å². The third-order valence-electron chi connectivity index (χ3n) is 3.19. The molecule has 1 saturated carbocycles. The van der Waals surface area contributed by atoms with Gasteiger partial charge >= 0.3 is 0 Å². The Morgan fingerprint density at radius 2 is 2.11 bits per heavy atom. The maximum atomic E-state index is 12.2. The lowest BCUT2D eigenvalue weighted by atomic mass is 10.1. The molecule has 4 nitrogen and oxygen atoms in total. The van der Waals surface area contributed by atoms with Crippen LogP contribution >= 0.6 is 0 Å². The highest BCUT2D eigenvalue weighted by Gasteiger charge is 2.41. The number of aliphatic hydroxyl groups excluding tert-OH is 1. The van der Waals surface area contributed by atoms with E-state index in [9.17, 15) is 8.42 Å². The van der Waals surface area contributed by atoms with Gasteiger partial charge in [0.1, 0.15) is 6.61 Å². The molecule has 1 fully saturated rings. The fourth-order valence-electron chi connectivity index (χ4n) is 1.75. The zero-order valence-electron chi connectivity index (χ0n) is 11.0. The first kappa shape index (κ1) is 14.1. The summed E-state index contributed by atoms with van der Waals surface area (Å²) in [6.07, 6.45) is 1.76. The molecule has 1 aliphatic carbocycles. The maximum Gasteiger partial charge on any atom is 0.241 e. The van der Waals surface area contributed by atoms with E-state index in [1.54, 1.807) is 25.1 Å². The van der Waals surface area contributed by atoms with Gasteiger partial charge in [0.15, 0.2) is 0 Å². The van der Waals surface area contributed by atoms with Crippen molar-refractivity contribution in [1.29, 1.82) is 0 Å². The molecule has 0 saturated heterocycles. The number of benzene rings is 1. The Labute approximate surface area is 113 Å². The molecule has 0 amide bonds. The molecule has 1 aromatic carbocycles. The summed E-state index contributed by atoms with van der Waals surface area (Å²) in [6.45, 7) is 3.50. The third-order valence-corrected chi connectivity index (χ3v) is 4.83. The molecule has 0 aromatic heterocycles. The number of nitrogens with one attached hydrogen (secondary N) is 1. The quantitative estimate of drug-likeness (QED) is 0.816. The van der Waals surface area contributed by atoms with E-state index in [0.29, 0.717) is 0 Å². The van der Waals surface area contributed by atoms with E-state index in [-0.39, 0.29) is 17.0 Å². The van der Waals surface area contributed by atoms with Crippen LogP contribution in [0, 0.1) is 18.8 Å². The number of hydrogen-bond acceptors (Lipinski definition) is 3. The van der Waals surface area contributed by atoms with Crippen molar-refractivity contribution in [2.75, 3.05) is 6.61 Å². The highest BCUT2D eigenvalue weighted by molar-refractivity contribution is 7.89. The molecule has 0 aliphatic heterocycles. The van der Waals surface area contributed by atoms with Gasteiger partial charge in [-0.25, -0.2) is 13.1 Å². The predicted molar refractivity (Wildman–Crippen MR) is 73.1 cm³/mol. The third kappa shape index (κ3) is 3.35. The van der Waals surface area contributed by atoms with Gasteiger partial charge in [0.05, 0.1) is 4.90 Å². The highest BCUT2D eigenvalue weighted by atomic mass is 32.2. The molecule has 0 unspecified atom stereocenters. The van der Waals surface area contributed by atoms with Gasteiger partial charge in [0, 0.05) is 11.1 Å². The second-order valence-corrected chi connectivity index (χ2v) is 6.79.